The number of likely N-dealkylation sites (N-methyl/N-ethyl adjacent to an activating group) is 1. The molecule has 3 rings (SSSR count). The lowest BCUT2D eigenvalue weighted by molar-refractivity contribution is -0.205. The molecule has 0 bridgehead atoms. The summed E-state index contributed by atoms with van der Waals surface area (Å²) in [6.45, 7) is -0.779. The predicted molar refractivity (Wildman–Crippen MR) is 82.7 cm³/mol. The summed E-state index contributed by atoms with van der Waals surface area (Å²) in [7, 11) is 1.26. The molecule has 3 unspecified atom stereocenters. The number of hydrogen-bond donors (Lipinski definition) is 2. The Kier molecular flexibility index (Phi) is 4.46. The Bertz CT molecular complexity index is 633. The average molecular weight is 342 g/mol. The van der Waals surface area contributed by atoms with Gasteiger partial charge in [-0.05, 0) is 48.3 Å². The van der Waals surface area contributed by atoms with Crippen LogP contribution < -0.4 is 5.32 Å². The van der Waals surface area contributed by atoms with E-state index in [1.807, 2.05) is 12.1 Å². The molecule has 0 aliphatic heterocycles. The smallest absolute Gasteiger partial charge is 0.382 e. The van der Waals surface area contributed by atoms with Gasteiger partial charge in [0.25, 0.3) is 0 Å². The first-order chi connectivity index (χ1) is 11.3. The quantitative estimate of drug-likeness (QED) is 0.887. The van der Waals surface area contributed by atoms with Gasteiger partial charge in [-0.15, -0.1) is 0 Å². The summed E-state index contributed by atoms with van der Waals surface area (Å²) in [5, 5.41) is 11.9. The van der Waals surface area contributed by atoms with E-state index in [1.54, 1.807) is 0 Å². The number of amides is 2. The van der Waals surface area contributed by atoms with Crippen LogP contribution in [0.1, 0.15) is 47.9 Å². The van der Waals surface area contributed by atoms with Crippen molar-refractivity contribution in [3.05, 3.63) is 34.9 Å². The molecule has 3 atom stereocenters. The molecule has 0 fully saturated rings. The molecule has 24 heavy (non-hydrogen) atoms. The Labute approximate surface area is 138 Å². The maximum Gasteiger partial charge on any atom is 0.416 e. The van der Waals surface area contributed by atoms with E-state index >= 15 is 0 Å². The molecule has 132 valence electrons. The Morgan fingerprint density at radius 2 is 2.21 bits per heavy atom. The second-order valence-corrected chi connectivity index (χ2v) is 6.68. The average Bonchev–Trinajstić information content (AvgIpc) is 2.86. The molecule has 7 heteroatoms. The number of aryl methyl sites for hydroxylation is 1. The third-order valence-corrected chi connectivity index (χ3v) is 5.00. The molecule has 0 aromatic heterocycles. The molecule has 2 aliphatic carbocycles. The van der Waals surface area contributed by atoms with Crippen molar-refractivity contribution in [3.63, 3.8) is 0 Å². The van der Waals surface area contributed by atoms with Gasteiger partial charge in [0.2, 0.25) is 0 Å². The number of rotatable bonds is 3. The molecular weight excluding hydrogens is 321 g/mol. The second kappa shape index (κ2) is 6.27. The van der Waals surface area contributed by atoms with Crippen LogP contribution in [0.25, 0.3) is 0 Å². The van der Waals surface area contributed by atoms with Crippen LogP contribution in [0.15, 0.2) is 18.2 Å². The maximum atomic E-state index is 12.4. The Morgan fingerprint density at radius 3 is 2.92 bits per heavy atom. The van der Waals surface area contributed by atoms with Crippen molar-refractivity contribution in [2.24, 2.45) is 0 Å². The first-order valence-electron chi connectivity index (χ1n) is 8.15. The topological polar surface area (TPSA) is 52.6 Å². The molecule has 0 saturated carbocycles. The van der Waals surface area contributed by atoms with Crippen molar-refractivity contribution >= 4 is 6.03 Å². The van der Waals surface area contributed by atoms with Crippen LogP contribution in [-0.4, -0.2) is 41.9 Å². The monoisotopic (exact) mass is 342 g/mol. The number of benzene rings is 1. The summed E-state index contributed by atoms with van der Waals surface area (Å²) in [5.74, 6) is 0.418. The summed E-state index contributed by atoms with van der Waals surface area (Å²) in [4.78, 5) is 13.1. The third-order valence-electron chi connectivity index (χ3n) is 5.00. The second-order valence-electron chi connectivity index (χ2n) is 6.68. The molecule has 0 spiro atoms. The third kappa shape index (κ3) is 3.22. The predicted octanol–water partition coefficient (Wildman–Crippen LogP) is 3.12. The largest absolute Gasteiger partial charge is 0.416 e. The zero-order valence-electron chi connectivity index (χ0n) is 13.4. The van der Waals surface area contributed by atoms with Gasteiger partial charge in [-0.1, -0.05) is 18.2 Å². The number of aliphatic hydroxyl groups excluding tert-OH is 1. The van der Waals surface area contributed by atoms with E-state index in [1.165, 1.54) is 18.2 Å². The van der Waals surface area contributed by atoms with Crippen molar-refractivity contribution in [2.75, 3.05) is 13.6 Å². The van der Waals surface area contributed by atoms with Crippen molar-refractivity contribution in [3.8, 4) is 0 Å². The van der Waals surface area contributed by atoms with Crippen LogP contribution in [-0.2, 0) is 6.42 Å². The summed E-state index contributed by atoms with van der Waals surface area (Å²) in [6, 6.07) is 5.29. The van der Waals surface area contributed by atoms with Gasteiger partial charge in [0, 0.05) is 7.05 Å². The fourth-order valence-corrected chi connectivity index (χ4v) is 3.82. The number of hydrogen-bond acceptors (Lipinski definition) is 2. The van der Waals surface area contributed by atoms with E-state index in [2.05, 4.69) is 11.4 Å². The number of halogens is 3. The van der Waals surface area contributed by atoms with Crippen LogP contribution in [0, 0.1) is 0 Å². The van der Waals surface area contributed by atoms with Gasteiger partial charge in [-0.3, -0.25) is 0 Å². The van der Waals surface area contributed by atoms with Crippen molar-refractivity contribution < 1.29 is 23.1 Å². The summed E-state index contributed by atoms with van der Waals surface area (Å²) in [5.41, 5.74) is 3.71. The van der Waals surface area contributed by atoms with Gasteiger partial charge < -0.3 is 15.3 Å². The van der Waals surface area contributed by atoms with E-state index in [9.17, 15) is 18.0 Å². The van der Waals surface area contributed by atoms with Crippen LogP contribution in [0.4, 0.5) is 18.0 Å². The minimum absolute atomic E-state index is 0.180. The fourth-order valence-electron chi connectivity index (χ4n) is 3.82. The molecule has 0 heterocycles. The van der Waals surface area contributed by atoms with E-state index in [4.69, 9.17) is 5.11 Å². The van der Waals surface area contributed by atoms with Crippen LogP contribution in [0.5, 0.6) is 0 Å². The molecular formula is C17H21F3N2O2. The molecule has 1 aromatic carbocycles. The number of alkyl halides is 3. The molecule has 2 N–H and O–H groups in total. The normalized spacial score (nSPS) is 23.5. The van der Waals surface area contributed by atoms with Gasteiger partial charge in [0.15, 0.2) is 6.10 Å². The van der Waals surface area contributed by atoms with Crippen LogP contribution >= 0.6 is 0 Å². The highest BCUT2D eigenvalue weighted by atomic mass is 19.4. The van der Waals surface area contributed by atoms with Crippen molar-refractivity contribution in [1.82, 2.24) is 10.2 Å². The molecule has 1 aromatic rings. The lowest BCUT2D eigenvalue weighted by Gasteiger charge is -2.25. The maximum absolute atomic E-state index is 12.4. The molecule has 4 nitrogen and oxygen atoms in total. The number of urea groups is 1. The minimum atomic E-state index is -4.73. The number of nitrogens with zero attached hydrogens (tertiary/aromatic N) is 1. The van der Waals surface area contributed by atoms with Gasteiger partial charge in [-0.2, -0.15) is 13.2 Å². The highest BCUT2D eigenvalue weighted by Crippen LogP contribution is 2.47. The van der Waals surface area contributed by atoms with Crippen LogP contribution in [0.2, 0.25) is 0 Å². The van der Waals surface area contributed by atoms with E-state index in [0.29, 0.717) is 5.92 Å². The van der Waals surface area contributed by atoms with Gasteiger partial charge >= 0.3 is 12.2 Å². The lowest BCUT2D eigenvalue weighted by atomic mass is 9.84. The number of aliphatic hydroxyl groups is 1. The molecule has 0 saturated heterocycles. The summed E-state index contributed by atoms with van der Waals surface area (Å²) < 4.78 is 37.2. The van der Waals surface area contributed by atoms with Crippen molar-refractivity contribution in [2.45, 2.75) is 49.9 Å². The summed E-state index contributed by atoms with van der Waals surface area (Å²) in [6.07, 6.45) is -3.23. The van der Waals surface area contributed by atoms with Crippen molar-refractivity contribution in [1.29, 1.82) is 0 Å². The first kappa shape index (κ1) is 17.1. The zero-order valence-corrected chi connectivity index (χ0v) is 13.4. The van der Waals surface area contributed by atoms with Gasteiger partial charge in [0.1, 0.15) is 0 Å². The number of nitrogens with one attached hydrogen (secondary N) is 1. The fraction of sp³-hybridized carbons (Fsp3) is 0.588. The number of carbonyl (C=O) groups is 1. The van der Waals surface area contributed by atoms with E-state index in [0.717, 1.165) is 36.1 Å². The summed E-state index contributed by atoms with van der Waals surface area (Å²) >= 11 is 0. The molecule has 0 radical (unpaired) electrons. The standard InChI is InChI=1S/C17H21F3N2O2/c1-22(9-14(23)17(18,19)20)16(24)21-13-8-11-6-2-4-10-5-3-7-12(13)15(10)11/h3,5,7,11,13-14,23H,2,4,6,8-9H2,1H3,(H,21,24). The van der Waals surface area contributed by atoms with Gasteiger partial charge in [0.05, 0.1) is 12.6 Å². The van der Waals surface area contributed by atoms with Gasteiger partial charge in [-0.25, -0.2) is 4.79 Å². The Balaban J connectivity index is 1.67. The molecule has 2 aliphatic rings. The Hall–Kier alpha value is -1.76. The molecule has 2 amide bonds. The van der Waals surface area contributed by atoms with Crippen LogP contribution in [0.3, 0.4) is 0 Å². The lowest BCUT2D eigenvalue weighted by Crippen LogP contribution is -2.46. The SMILES string of the molecule is CN(CC(O)C(F)(F)F)C(=O)NC1CC2CCCc3cccc1c32. The number of carbonyl (C=O) groups excluding carboxylic acids is 1. The highest BCUT2D eigenvalue weighted by molar-refractivity contribution is 5.75. The highest BCUT2D eigenvalue weighted by Gasteiger charge is 2.40. The Morgan fingerprint density at radius 1 is 1.46 bits per heavy atom. The minimum Gasteiger partial charge on any atom is -0.382 e. The van der Waals surface area contributed by atoms with E-state index < -0.39 is 24.9 Å². The van der Waals surface area contributed by atoms with E-state index in [-0.39, 0.29) is 6.04 Å². The zero-order chi connectivity index (χ0) is 17.5. The first-order valence-corrected chi connectivity index (χ1v) is 8.15.